The molecule has 0 radical (unpaired) electrons. The van der Waals surface area contributed by atoms with E-state index in [1.165, 1.54) is 62.6 Å². The second kappa shape index (κ2) is 6.80. The molecule has 1 saturated carbocycles. The van der Waals surface area contributed by atoms with Gasteiger partial charge in [-0.2, -0.15) is 23.5 Å². The van der Waals surface area contributed by atoms with Crippen LogP contribution in [0.15, 0.2) is 0 Å². The zero-order chi connectivity index (χ0) is 14.0. The smallest absolute Gasteiger partial charge is 0.0309 e. The molecule has 0 aromatic heterocycles. The normalized spacial score (nSPS) is 35.0. The lowest BCUT2D eigenvalue weighted by molar-refractivity contribution is 0.0586. The van der Waals surface area contributed by atoms with Crippen LogP contribution in [-0.4, -0.2) is 58.6 Å². The Balaban J connectivity index is 1.65. The summed E-state index contributed by atoms with van der Waals surface area (Å²) in [5, 5.41) is 4.81. The van der Waals surface area contributed by atoms with E-state index in [2.05, 4.69) is 47.6 Å². The Labute approximate surface area is 133 Å². The van der Waals surface area contributed by atoms with E-state index in [0.717, 1.165) is 17.2 Å². The van der Waals surface area contributed by atoms with Gasteiger partial charge in [-0.25, -0.2) is 0 Å². The third-order valence-electron chi connectivity index (χ3n) is 5.31. The largest absolute Gasteiger partial charge is 0.308 e. The Bertz CT molecular complexity index is 310. The molecule has 2 saturated heterocycles. The van der Waals surface area contributed by atoms with Crippen molar-refractivity contribution in [3.63, 3.8) is 0 Å². The molecule has 20 heavy (non-hydrogen) atoms. The number of rotatable bonds is 3. The summed E-state index contributed by atoms with van der Waals surface area (Å²) in [6, 6.07) is 0.744. The van der Waals surface area contributed by atoms with Crippen molar-refractivity contribution < 1.29 is 0 Å². The number of nitrogens with zero attached hydrogens (tertiary/aromatic N) is 1. The van der Waals surface area contributed by atoms with Gasteiger partial charge >= 0.3 is 0 Å². The highest BCUT2D eigenvalue weighted by molar-refractivity contribution is 8.06. The van der Waals surface area contributed by atoms with Crippen molar-refractivity contribution >= 4 is 23.5 Å². The third kappa shape index (κ3) is 3.50. The Morgan fingerprint density at radius 1 is 1.25 bits per heavy atom. The predicted octanol–water partition coefficient (Wildman–Crippen LogP) is 3.08. The van der Waals surface area contributed by atoms with Crippen molar-refractivity contribution in [3.8, 4) is 0 Å². The van der Waals surface area contributed by atoms with Gasteiger partial charge in [-0.05, 0) is 18.8 Å². The summed E-state index contributed by atoms with van der Waals surface area (Å²) in [4.78, 5) is 2.86. The first kappa shape index (κ1) is 15.5. The molecule has 2 heterocycles. The number of thioether (sulfide) groups is 2. The standard InChI is InChI=1S/C16H30N2S2/c1-13(2)15-9-17-16(5-3-4-6-16)12-18(15)10-14-11-19-7-8-20-14/h13-15,17H,3-12H2,1-2H3. The van der Waals surface area contributed by atoms with Gasteiger partial charge in [0.1, 0.15) is 0 Å². The fourth-order valence-corrected chi connectivity index (χ4v) is 6.85. The van der Waals surface area contributed by atoms with Gasteiger partial charge in [-0.3, -0.25) is 4.90 Å². The van der Waals surface area contributed by atoms with Gasteiger partial charge in [-0.1, -0.05) is 26.7 Å². The van der Waals surface area contributed by atoms with Gasteiger partial charge in [0.15, 0.2) is 0 Å². The van der Waals surface area contributed by atoms with Crippen molar-refractivity contribution in [3.05, 3.63) is 0 Å². The average Bonchev–Trinajstić information content (AvgIpc) is 2.88. The minimum absolute atomic E-state index is 0.470. The molecular formula is C16H30N2S2. The minimum Gasteiger partial charge on any atom is -0.308 e. The minimum atomic E-state index is 0.470. The van der Waals surface area contributed by atoms with Crippen LogP contribution < -0.4 is 5.32 Å². The molecule has 116 valence electrons. The lowest BCUT2D eigenvalue weighted by Gasteiger charge is -2.49. The van der Waals surface area contributed by atoms with E-state index >= 15 is 0 Å². The first-order valence-corrected chi connectivity index (χ1v) is 10.6. The average molecular weight is 315 g/mol. The Kier molecular flexibility index (Phi) is 5.28. The van der Waals surface area contributed by atoms with Crippen LogP contribution in [0.25, 0.3) is 0 Å². The molecule has 0 aromatic carbocycles. The fraction of sp³-hybridized carbons (Fsp3) is 1.00. The van der Waals surface area contributed by atoms with Crippen molar-refractivity contribution in [2.75, 3.05) is 36.9 Å². The number of piperazine rings is 1. The maximum absolute atomic E-state index is 3.94. The summed E-state index contributed by atoms with van der Waals surface area (Å²) in [5.74, 6) is 4.86. The van der Waals surface area contributed by atoms with E-state index in [1.807, 2.05) is 0 Å². The Morgan fingerprint density at radius 2 is 2.05 bits per heavy atom. The number of nitrogens with one attached hydrogen (secondary N) is 1. The zero-order valence-electron chi connectivity index (χ0n) is 13.1. The molecule has 1 aliphatic carbocycles. The topological polar surface area (TPSA) is 15.3 Å². The van der Waals surface area contributed by atoms with Crippen LogP contribution in [0, 0.1) is 5.92 Å². The molecule has 0 aromatic rings. The van der Waals surface area contributed by atoms with Crippen LogP contribution in [0.1, 0.15) is 39.5 Å². The Morgan fingerprint density at radius 3 is 2.70 bits per heavy atom. The maximum Gasteiger partial charge on any atom is 0.0309 e. The Hall–Kier alpha value is 0.620. The van der Waals surface area contributed by atoms with E-state index in [-0.39, 0.29) is 0 Å². The highest BCUT2D eigenvalue weighted by Crippen LogP contribution is 2.35. The summed E-state index contributed by atoms with van der Waals surface area (Å²) < 4.78 is 0. The third-order valence-corrected chi connectivity index (χ3v) is 8.14. The lowest BCUT2D eigenvalue weighted by atomic mass is 9.89. The summed E-state index contributed by atoms with van der Waals surface area (Å²) in [6.45, 7) is 8.63. The predicted molar refractivity (Wildman–Crippen MR) is 93.0 cm³/mol. The summed E-state index contributed by atoms with van der Waals surface area (Å²) in [7, 11) is 0. The van der Waals surface area contributed by atoms with Gasteiger partial charge in [-0.15, -0.1) is 0 Å². The molecule has 0 amide bonds. The van der Waals surface area contributed by atoms with Gasteiger partial charge < -0.3 is 5.32 Å². The summed E-state index contributed by atoms with van der Waals surface area (Å²) in [6.07, 6.45) is 5.67. The molecule has 2 nitrogen and oxygen atoms in total. The molecule has 1 N–H and O–H groups in total. The molecule has 0 bridgehead atoms. The van der Waals surface area contributed by atoms with E-state index in [0.29, 0.717) is 5.54 Å². The monoisotopic (exact) mass is 314 g/mol. The van der Waals surface area contributed by atoms with Gasteiger partial charge in [0.2, 0.25) is 0 Å². The molecule has 4 heteroatoms. The van der Waals surface area contributed by atoms with Gasteiger partial charge in [0, 0.05) is 53.7 Å². The molecular weight excluding hydrogens is 284 g/mol. The van der Waals surface area contributed by atoms with Crippen LogP contribution in [0.5, 0.6) is 0 Å². The molecule has 3 aliphatic rings. The zero-order valence-corrected chi connectivity index (χ0v) is 14.7. The van der Waals surface area contributed by atoms with Gasteiger partial charge in [0.05, 0.1) is 0 Å². The van der Waals surface area contributed by atoms with Crippen molar-refractivity contribution in [1.82, 2.24) is 10.2 Å². The second-order valence-corrected chi connectivity index (χ2v) is 9.73. The first-order chi connectivity index (χ1) is 9.69. The van der Waals surface area contributed by atoms with E-state index in [9.17, 15) is 0 Å². The quantitative estimate of drug-likeness (QED) is 0.861. The molecule has 2 aliphatic heterocycles. The van der Waals surface area contributed by atoms with Crippen LogP contribution in [0.3, 0.4) is 0 Å². The highest BCUT2D eigenvalue weighted by Gasteiger charge is 2.42. The van der Waals surface area contributed by atoms with Crippen LogP contribution in [0.2, 0.25) is 0 Å². The van der Waals surface area contributed by atoms with E-state index < -0.39 is 0 Å². The van der Waals surface area contributed by atoms with Gasteiger partial charge in [0.25, 0.3) is 0 Å². The SMILES string of the molecule is CC(C)C1CNC2(CCCC2)CN1CC1CSCCS1. The van der Waals surface area contributed by atoms with E-state index in [1.54, 1.807) is 0 Å². The second-order valence-electron chi connectivity index (χ2n) is 7.18. The van der Waals surface area contributed by atoms with Crippen LogP contribution >= 0.6 is 23.5 Å². The van der Waals surface area contributed by atoms with E-state index in [4.69, 9.17) is 0 Å². The van der Waals surface area contributed by atoms with Crippen molar-refractivity contribution in [1.29, 1.82) is 0 Å². The van der Waals surface area contributed by atoms with Crippen LogP contribution in [-0.2, 0) is 0 Å². The van der Waals surface area contributed by atoms with Crippen LogP contribution in [0.4, 0.5) is 0 Å². The molecule has 3 fully saturated rings. The lowest BCUT2D eigenvalue weighted by Crippen LogP contribution is -2.65. The first-order valence-electron chi connectivity index (χ1n) is 8.37. The molecule has 1 spiro atoms. The molecule has 3 rings (SSSR count). The fourth-order valence-electron chi connectivity index (χ4n) is 4.16. The molecule has 2 atom stereocenters. The maximum atomic E-state index is 3.94. The molecule has 2 unspecified atom stereocenters. The summed E-state index contributed by atoms with van der Waals surface area (Å²) in [5.41, 5.74) is 0.470. The van der Waals surface area contributed by atoms with Crippen molar-refractivity contribution in [2.24, 2.45) is 5.92 Å². The van der Waals surface area contributed by atoms with Crippen molar-refractivity contribution in [2.45, 2.75) is 56.4 Å². The summed E-state index contributed by atoms with van der Waals surface area (Å²) >= 11 is 4.38. The highest BCUT2D eigenvalue weighted by atomic mass is 32.2. The number of hydrogen-bond donors (Lipinski definition) is 1. The number of hydrogen-bond acceptors (Lipinski definition) is 4.